The second kappa shape index (κ2) is 19.5. The van der Waals surface area contributed by atoms with Crippen molar-refractivity contribution in [3.05, 3.63) is 59.7 Å². The molecule has 60 heavy (non-hydrogen) atoms. The first-order valence-electron chi connectivity index (χ1n) is 20.2. The highest BCUT2D eigenvalue weighted by Gasteiger charge is 2.43. The lowest BCUT2D eigenvalue weighted by atomic mass is 10.0. The summed E-state index contributed by atoms with van der Waals surface area (Å²) in [4.78, 5) is 106. The molecule has 16 heteroatoms. The van der Waals surface area contributed by atoms with Gasteiger partial charge in [-0.2, -0.15) is 0 Å². The summed E-state index contributed by atoms with van der Waals surface area (Å²) in [5, 5.41) is 5.13. The maximum Gasteiger partial charge on any atom is 0.408 e. The summed E-state index contributed by atoms with van der Waals surface area (Å²) >= 11 is 0. The molecule has 4 atom stereocenters. The van der Waals surface area contributed by atoms with Gasteiger partial charge in [-0.25, -0.2) is 19.2 Å². The first-order valence-corrected chi connectivity index (χ1v) is 20.2. The lowest BCUT2D eigenvalue weighted by Crippen LogP contribution is -2.50. The second-order valence-electron chi connectivity index (χ2n) is 17.6. The first-order chi connectivity index (χ1) is 28.0. The highest BCUT2D eigenvalue weighted by atomic mass is 16.6. The fourth-order valence-corrected chi connectivity index (χ4v) is 6.95. The van der Waals surface area contributed by atoms with E-state index in [-0.39, 0.29) is 37.8 Å². The van der Waals surface area contributed by atoms with Crippen molar-refractivity contribution in [2.75, 3.05) is 26.3 Å². The Morgan fingerprint density at radius 2 is 0.900 bits per heavy atom. The smallest absolute Gasteiger partial charge is 0.408 e. The molecule has 2 aliphatic rings. The maximum atomic E-state index is 13.2. The van der Waals surface area contributed by atoms with Gasteiger partial charge in [-0.05, 0) is 77.3 Å². The number of amides is 4. The molecule has 2 heterocycles. The number of hydrogen-bond donors (Lipinski definition) is 2. The van der Waals surface area contributed by atoms with E-state index in [1.807, 2.05) is 0 Å². The Kier molecular flexibility index (Phi) is 15.2. The molecule has 4 amide bonds. The number of esters is 2. The van der Waals surface area contributed by atoms with Crippen molar-refractivity contribution in [3.8, 4) is 11.1 Å². The minimum atomic E-state index is -0.957. The van der Waals surface area contributed by atoms with Crippen LogP contribution in [-0.4, -0.2) is 119 Å². The third kappa shape index (κ3) is 12.6. The van der Waals surface area contributed by atoms with Gasteiger partial charge in [0.25, 0.3) is 0 Å². The predicted octanol–water partition coefficient (Wildman–Crippen LogP) is 5.11. The van der Waals surface area contributed by atoms with Crippen molar-refractivity contribution in [1.29, 1.82) is 0 Å². The van der Waals surface area contributed by atoms with Gasteiger partial charge in [-0.15, -0.1) is 0 Å². The largest absolute Gasteiger partial charge is 0.456 e. The summed E-state index contributed by atoms with van der Waals surface area (Å²) in [7, 11) is 0. The van der Waals surface area contributed by atoms with Crippen LogP contribution in [0.4, 0.5) is 9.59 Å². The summed E-state index contributed by atoms with van der Waals surface area (Å²) in [6.45, 7) is 16.7. The number of rotatable bonds is 15. The number of carbonyl (C=O) groups excluding carboxylic acids is 8. The highest BCUT2D eigenvalue weighted by Crippen LogP contribution is 2.25. The van der Waals surface area contributed by atoms with Gasteiger partial charge in [0, 0.05) is 24.2 Å². The van der Waals surface area contributed by atoms with Crippen LogP contribution in [0, 0.1) is 11.8 Å². The number of ketones is 2. The number of nitrogens with zero attached hydrogens (tertiary/aromatic N) is 2. The average molecular weight is 835 g/mol. The molecule has 0 spiro atoms. The van der Waals surface area contributed by atoms with Crippen LogP contribution < -0.4 is 10.6 Å². The number of alkyl carbamates (subject to hydrolysis) is 2. The lowest BCUT2D eigenvalue weighted by Gasteiger charge is -2.29. The predicted molar refractivity (Wildman–Crippen MR) is 219 cm³/mol. The van der Waals surface area contributed by atoms with E-state index in [1.165, 1.54) is 9.80 Å². The molecule has 2 aliphatic heterocycles. The standard InChI is InChI=1S/C44H58N4O12/c1-25(2)35(47-21-19-31(37(47)51)45-41(55)59-43(5,6)7)39(53)57-23-33(49)29-15-11-27(12-16-29)28-13-17-30(18-14-28)34(50)24-58-40(54)36(26(3)4)48-22-20-32(38(48)52)46-42(56)60-44(8,9)10/h11-18,25-26,31-32,35-36H,19-24H2,1-10H3,(H,45,55)(H,46,56)/t31-,32-,35-,36-/m0/s1. The zero-order valence-electron chi connectivity index (χ0n) is 36.1. The van der Waals surface area contributed by atoms with Crippen LogP contribution in [0.15, 0.2) is 48.5 Å². The quantitative estimate of drug-likeness (QED) is 0.137. The molecule has 0 aromatic heterocycles. The van der Waals surface area contributed by atoms with Crippen LogP contribution in [0.1, 0.15) is 103 Å². The monoisotopic (exact) mass is 834 g/mol. The molecular formula is C44H58N4O12. The summed E-state index contributed by atoms with van der Waals surface area (Å²) in [5.74, 6) is -3.88. The fourth-order valence-electron chi connectivity index (χ4n) is 6.95. The summed E-state index contributed by atoms with van der Waals surface area (Å²) < 4.78 is 21.3. The van der Waals surface area contributed by atoms with Crippen LogP contribution >= 0.6 is 0 Å². The molecule has 2 N–H and O–H groups in total. The Labute approximate surface area is 351 Å². The van der Waals surface area contributed by atoms with Gasteiger partial charge in [-0.1, -0.05) is 76.2 Å². The molecule has 2 aromatic carbocycles. The molecule has 326 valence electrons. The first kappa shape index (κ1) is 46.9. The summed E-state index contributed by atoms with van der Waals surface area (Å²) in [6, 6.07) is 9.61. The van der Waals surface area contributed by atoms with Crippen molar-refractivity contribution >= 4 is 47.5 Å². The Morgan fingerprint density at radius 1 is 0.583 bits per heavy atom. The summed E-state index contributed by atoms with van der Waals surface area (Å²) in [5.41, 5.74) is 0.592. The van der Waals surface area contributed by atoms with E-state index in [2.05, 4.69) is 10.6 Å². The SMILES string of the molecule is CC(C)[C@@H](C(=O)OCC(=O)c1ccc(-c2ccc(C(=O)COC(=O)[C@H](C(C)C)N3CC[C@H](NC(=O)OC(C)(C)C)C3=O)cc2)cc1)N1CC[C@H](NC(=O)OC(C)(C)C)C1=O. The Bertz CT molecular complexity index is 1790. The minimum absolute atomic E-state index is 0.218. The van der Waals surface area contributed by atoms with Crippen LogP contribution in [-0.2, 0) is 38.1 Å². The van der Waals surface area contributed by atoms with Gasteiger partial charge in [0.1, 0.15) is 35.4 Å². The third-order valence-corrected chi connectivity index (χ3v) is 9.72. The number of ether oxygens (including phenoxy) is 4. The van der Waals surface area contributed by atoms with Gasteiger partial charge in [-0.3, -0.25) is 19.2 Å². The molecule has 2 fully saturated rings. The van der Waals surface area contributed by atoms with Gasteiger partial charge >= 0.3 is 24.1 Å². The molecule has 0 bridgehead atoms. The maximum absolute atomic E-state index is 13.2. The number of benzene rings is 2. The number of carbonyl (C=O) groups is 8. The average Bonchev–Trinajstić information content (AvgIpc) is 3.67. The molecule has 0 saturated carbocycles. The zero-order chi connectivity index (χ0) is 44.7. The van der Waals surface area contributed by atoms with E-state index in [0.29, 0.717) is 11.1 Å². The topological polar surface area (TPSA) is 204 Å². The molecule has 0 radical (unpaired) electrons. The van der Waals surface area contributed by atoms with E-state index in [0.717, 1.165) is 11.1 Å². The molecule has 0 aliphatic carbocycles. The normalized spacial score (nSPS) is 17.9. The summed E-state index contributed by atoms with van der Waals surface area (Å²) in [6.07, 6.45) is -0.880. The van der Waals surface area contributed by atoms with E-state index in [9.17, 15) is 38.4 Å². The molecule has 2 aromatic rings. The number of Topliss-reactive ketones (excluding diaryl/α,β-unsaturated/α-hetero) is 2. The van der Waals surface area contributed by atoms with Crippen molar-refractivity contribution in [1.82, 2.24) is 20.4 Å². The lowest BCUT2D eigenvalue weighted by molar-refractivity contribution is -0.155. The van der Waals surface area contributed by atoms with Gasteiger partial charge in [0.15, 0.2) is 24.8 Å². The van der Waals surface area contributed by atoms with Crippen LogP contribution in [0.2, 0.25) is 0 Å². The van der Waals surface area contributed by atoms with Crippen LogP contribution in [0.3, 0.4) is 0 Å². The number of hydrogen-bond acceptors (Lipinski definition) is 12. The second-order valence-corrected chi connectivity index (χ2v) is 17.6. The van der Waals surface area contributed by atoms with Crippen molar-refractivity contribution < 1.29 is 57.3 Å². The van der Waals surface area contributed by atoms with Crippen molar-refractivity contribution in [3.63, 3.8) is 0 Å². The van der Waals surface area contributed by atoms with E-state index in [1.54, 1.807) is 118 Å². The van der Waals surface area contributed by atoms with Gasteiger partial charge in [0.05, 0.1) is 0 Å². The third-order valence-electron chi connectivity index (χ3n) is 9.72. The number of nitrogens with one attached hydrogen (secondary N) is 2. The van der Waals surface area contributed by atoms with Crippen molar-refractivity contribution in [2.45, 2.75) is 117 Å². The van der Waals surface area contributed by atoms with Crippen LogP contribution in [0.25, 0.3) is 11.1 Å². The molecule has 4 rings (SSSR count). The molecule has 0 unspecified atom stereocenters. The number of likely N-dealkylation sites (tertiary alicyclic amines) is 2. The zero-order valence-corrected chi connectivity index (χ0v) is 36.1. The highest BCUT2D eigenvalue weighted by molar-refractivity contribution is 6.00. The van der Waals surface area contributed by atoms with Gasteiger partial charge in [0.2, 0.25) is 11.8 Å². The Morgan fingerprint density at radius 3 is 1.18 bits per heavy atom. The van der Waals surface area contributed by atoms with E-state index in [4.69, 9.17) is 18.9 Å². The molecule has 16 nitrogen and oxygen atoms in total. The Hall–Kier alpha value is -5.80. The minimum Gasteiger partial charge on any atom is -0.456 e. The van der Waals surface area contributed by atoms with Crippen LogP contribution in [0.5, 0.6) is 0 Å². The van der Waals surface area contributed by atoms with E-state index >= 15 is 0 Å². The Balaban J connectivity index is 1.28. The van der Waals surface area contributed by atoms with Gasteiger partial charge < -0.3 is 39.4 Å². The van der Waals surface area contributed by atoms with E-state index < -0.39 is 96.1 Å². The molecule has 2 saturated heterocycles. The molecular weight excluding hydrogens is 776 g/mol. The van der Waals surface area contributed by atoms with Crippen molar-refractivity contribution in [2.24, 2.45) is 11.8 Å². The fraction of sp³-hybridized carbons (Fsp3) is 0.545.